The summed E-state index contributed by atoms with van der Waals surface area (Å²) in [4.78, 5) is 25.3. The summed E-state index contributed by atoms with van der Waals surface area (Å²) in [5, 5.41) is 10.2. The number of aryl methyl sites for hydroxylation is 3. The van der Waals surface area contributed by atoms with E-state index in [0.29, 0.717) is 11.0 Å². The van der Waals surface area contributed by atoms with Crippen LogP contribution in [0.3, 0.4) is 0 Å². The largest absolute Gasteiger partial charge is 0.332 e. The molecule has 0 N–H and O–H groups in total. The first-order valence-electron chi connectivity index (χ1n) is 9.52. The van der Waals surface area contributed by atoms with Gasteiger partial charge in [-0.1, -0.05) is 19.8 Å². The predicted molar refractivity (Wildman–Crippen MR) is 102 cm³/mol. The quantitative estimate of drug-likeness (QED) is 0.674. The second-order valence-electron chi connectivity index (χ2n) is 7.29. The van der Waals surface area contributed by atoms with Crippen LogP contribution in [0.4, 0.5) is 0 Å². The second-order valence-corrected chi connectivity index (χ2v) is 7.29. The molecule has 7 nitrogen and oxygen atoms in total. The van der Waals surface area contributed by atoms with Crippen LogP contribution in [0.25, 0.3) is 22.1 Å². The summed E-state index contributed by atoms with van der Waals surface area (Å²) in [5.41, 5.74) is 3.09. The maximum atomic E-state index is 13.0. The maximum Gasteiger partial charge on any atom is 0.332 e. The summed E-state index contributed by atoms with van der Waals surface area (Å²) in [7, 11) is 3.18. The fraction of sp³-hybridized carbons (Fsp3) is 0.579. The Hall–Kier alpha value is -2.44. The average Bonchev–Trinajstić information content (AvgIpc) is 2.79. The smallest absolute Gasteiger partial charge is 0.328 e. The molecule has 3 aromatic rings. The lowest BCUT2D eigenvalue weighted by Gasteiger charge is -2.09. The van der Waals surface area contributed by atoms with E-state index in [-0.39, 0.29) is 11.2 Å². The normalized spacial score (nSPS) is 14.7. The highest BCUT2D eigenvalue weighted by molar-refractivity contribution is 6.04. The zero-order valence-corrected chi connectivity index (χ0v) is 15.7. The molecule has 0 radical (unpaired) electrons. The Bertz CT molecular complexity index is 1120. The van der Waals surface area contributed by atoms with Crippen LogP contribution in [0.1, 0.15) is 50.3 Å². The van der Waals surface area contributed by atoms with Gasteiger partial charge < -0.3 is 4.57 Å². The van der Waals surface area contributed by atoms with Gasteiger partial charge in [0.1, 0.15) is 0 Å². The number of aromatic nitrogens is 5. The number of rotatable bonds is 3. The lowest BCUT2D eigenvalue weighted by atomic mass is 10.1. The molecule has 0 spiro atoms. The van der Waals surface area contributed by atoms with Crippen molar-refractivity contribution in [1.29, 1.82) is 0 Å². The van der Waals surface area contributed by atoms with E-state index in [2.05, 4.69) is 21.7 Å². The number of nitrogens with zero attached hydrogens (tertiary/aromatic N) is 5. The van der Waals surface area contributed by atoms with Crippen LogP contribution in [0, 0.1) is 0 Å². The molecule has 3 aromatic heterocycles. The van der Waals surface area contributed by atoms with E-state index < -0.39 is 0 Å². The molecule has 7 heteroatoms. The van der Waals surface area contributed by atoms with Crippen LogP contribution < -0.4 is 11.2 Å². The highest BCUT2D eigenvalue weighted by Gasteiger charge is 2.24. The lowest BCUT2D eigenvalue weighted by Crippen LogP contribution is -2.37. The minimum atomic E-state index is -0.368. The van der Waals surface area contributed by atoms with Crippen molar-refractivity contribution in [2.24, 2.45) is 14.1 Å². The molecule has 0 aromatic carbocycles. The molecule has 0 aliphatic heterocycles. The van der Waals surface area contributed by atoms with Gasteiger partial charge in [0.25, 0.3) is 5.56 Å². The summed E-state index contributed by atoms with van der Waals surface area (Å²) in [5.74, 6) is 0. The Morgan fingerprint density at radius 2 is 1.65 bits per heavy atom. The zero-order chi connectivity index (χ0) is 18.4. The molecule has 0 saturated carbocycles. The summed E-state index contributed by atoms with van der Waals surface area (Å²) in [6, 6.07) is 0. The summed E-state index contributed by atoms with van der Waals surface area (Å²) in [6.45, 7) is 3.07. The monoisotopic (exact) mass is 355 g/mol. The Morgan fingerprint density at radius 1 is 0.923 bits per heavy atom. The van der Waals surface area contributed by atoms with Crippen molar-refractivity contribution in [3.63, 3.8) is 0 Å². The van der Waals surface area contributed by atoms with Gasteiger partial charge >= 0.3 is 5.69 Å². The molecule has 1 aliphatic carbocycles. The van der Waals surface area contributed by atoms with Crippen LogP contribution in [0.2, 0.25) is 0 Å². The van der Waals surface area contributed by atoms with Crippen molar-refractivity contribution in [3.05, 3.63) is 32.1 Å². The van der Waals surface area contributed by atoms with Gasteiger partial charge in [0.05, 0.1) is 5.39 Å². The molecule has 0 saturated heterocycles. The lowest BCUT2D eigenvalue weighted by molar-refractivity contribution is 0.609. The third-order valence-electron chi connectivity index (χ3n) is 5.65. The van der Waals surface area contributed by atoms with Gasteiger partial charge in [-0.15, -0.1) is 10.2 Å². The van der Waals surface area contributed by atoms with Crippen molar-refractivity contribution < 1.29 is 0 Å². The Balaban J connectivity index is 2.19. The average molecular weight is 355 g/mol. The number of hydrogen-bond acceptors (Lipinski definition) is 4. The van der Waals surface area contributed by atoms with E-state index in [9.17, 15) is 9.59 Å². The first-order chi connectivity index (χ1) is 12.6. The number of hydrogen-bond donors (Lipinski definition) is 0. The van der Waals surface area contributed by atoms with Gasteiger partial charge in [0.2, 0.25) is 0 Å². The highest BCUT2D eigenvalue weighted by atomic mass is 16.2. The molecule has 0 bridgehead atoms. The molecule has 0 amide bonds. The molecule has 138 valence electrons. The van der Waals surface area contributed by atoms with Gasteiger partial charge in [0, 0.05) is 31.7 Å². The van der Waals surface area contributed by atoms with Crippen LogP contribution in [0.5, 0.6) is 0 Å². The van der Waals surface area contributed by atoms with Gasteiger partial charge in [-0.2, -0.15) is 0 Å². The summed E-state index contributed by atoms with van der Waals surface area (Å²) < 4.78 is 4.88. The standard InChI is InChI=1S/C19H25N5O2/c1-4-5-11-24-13-10-8-6-7-9-12(13)14-15-16(20-21-17(14)24)22(2)19(26)23(3)18(15)25/h4-11H2,1-3H3. The van der Waals surface area contributed by atoms with Crippen molar-refractivity contribution in [2.75, 3.05) is 0 Å². The Kier molecular flexibility index (Phi) is 4.17. The predicted octanol–water partition coefficient (Wildman–Crippen LogP) is 2.05. The highest BCUT2D eigenvalue weighted by Crippen LogP contribution is 2.33. The van der Waals surface area contributed by atoms with Crippen LogP contribution >= 0.6 is 0 Å². The number of unbranched alkanes of at least 4 members (excludes halogenated alkanes) is 1. The van der Waals surface area contributed by atoms with Crippen LogP contribution in [-0.2, 0) is 33.5 Å². The molecule has 0 atom stereocenters. The molecular formula is C19H25N5O2. The maximum absolute atomic E-state index is 13.0. The molecule has 4 rings (SSSR count). The molecule has 0 fully saturated rings. The van der Waals surface area contributed by atoms with Crippen molar-refractivity contribution in [1.82, 2.24) is 23.9 Å². The van der Waals surface area contributed by atoms with Crippen molar-refractivity contribution >= 4 is 22.1 Å². The molecular weight excluding hydrogens is 330 g/mol. The summed E-state index contributed by atoms with van der Waals surface area (Å²) >= 11 is 0. The molecule has 0 unspecified atom stereocenters. The van der Waals surface area contributed by atoms with E-state index in [0.717, 1.165) is 56.1 Å². The van der Waals surface area contributed by atoms with Crippen LogP contribution in [-0.4, -0.2) is 23.9 Å². The summed E-state index contributed by atoms with van der Waals surface area (Å²) in [6.07, 6.45) is 7.64. The van der Waals surface area contributed by atoms with Gasteiger partial charge in [-0.3, -0.25) is 13.9 Å². The third-order valence-corrected chi connectivity index (χ3v) is 5.65. The number of fused-ring (bicyclic) bond motifs is 5. The fourth-order valence-corrected chi connectivity index (χ4v) is 4.22. The van der Waals surface area contributed by atoms with E-state index in [1.165, 1.54) is 33.9 Å². The molecule has 1 aliphatic rings. The van der Waals surface area contributed by atoms with Crippen molar-refractivity contribution in [3.8, 4) is 0 Å². The van der Waals surface area contributed by atoms with E-state index in [1.54, 1.807) is 7.05 Å². The first kappa shape index (κ1) is 17.0. The molecule has 26 heavy (non-hydrogen) atoms. The van der Waals surface area contributed by atoms with Crippen LogP contribution in [0.15, 0.2) is 9.59 Å². The van der Waals surface area contributed by atoms with E-state index in [4.69, 9.17) is 0 Å². The van der Waals surface area contributed by atoms with Gasteiger partial charge in [0.15, 0.2) is 11.3 Å². The fourth-order valence-electron chi connectivity index (χ4n) is 4.22. The third kappa shape index (κ3) is 2.33. The zero-order valence-electron chi connectivity index (χ0n) is 15.7. The van der Waals surface area contributed by atoms with Gasteiger partial charge in [-0.05, 0) is 37.7 Å². The minimum Gasteiger partial charge on any atom is -0.328 e. The van der Waals surface area contributed by atoms with E-state index >= 15 is 0 Å². The second kappa shape index (κ2) is 6.37. The SMILES string of the molecule is CCCCn1c2c(c3c4c(=O)n(C)c(=O)n(C)c4nnc31)CCCCC2. The minimum absolute atomic E-state index is 0.275. The van der Waals surface area contributed by atoms with E-state index in [1.807, 2.05) is 0 Å². The Morgan fingerprint density at radius 3 is 2.42 bits per heavy atom. The van der Waals surface area contributed by atoms with Gasteiger partial charge in [-0.25, -0.2) is 4.79 Å². The Labute approximate surface area is 151 Å². The van der Waals surface area contributed by atoms with Crippen molar-refractivity contribution in [2.45, 2.75) is 58.4 Å². The topological polar surface area (TPSA) is 74.7 Å². The first-order valence-corrected chi connectivity index (χ1v) is 9.52. The molecule has 3 heterocycles.